The van der Waals surface area contributed by atoms with Gasteiger partial charge in [0.15, 0.2) is 16.5 Å². The van der Waals surface area contributed by atoms with E-state index in [1.54, 1.807) is 60.1 Å². The largest absolute Gasteiger partial charge is 0.497 e. The summed E-state index contributed by atoms with van der Waals surface area (Å²) in [5.41, 5.74) is 2.48. The molecule has 2 heterocycles. The molecule has 0 aliphatic heterocycles. The van der Waals surface area contributed by atoms with Gasteiger partial charge in [0, 0.05) is 0 Å². The Balaban J connectivity index is 1.51. The maximum absolute atomic E-state index is 13.0. The van der Waals surface area contributed by atoms with Crippen molar-refractivity contribution < 1.29 is 19.0 Å². The number of carbonyl (C=O) groups is 1. The second-order valence-electron chi connectivity index (χ2n) is 7.16. The number of ether oxygens (including phenoxy) is 3. The van der Waals surface area contributed by atoms with Crippen LogP contribution in [0.25, 0.3) is 22.1 Å². The van der Waals surface area contributed by atoms with Gasteiger partial charge in [-0.2, -0.15) is 0 Å². The maximum atomic E-state index is 13.0. The molecule has 3 aromatic carbocycles. The minimum Gasteiger partial charge on any atom is -0.497 e. The molecule has 8 heteroatoms. The number of fused-ring (bicyclic) bond motifs is 3. The monoisotopic (exact) mass is 458 g/mol. The molecule has 0 saturated heterocycles. The van der Waals surface area contributed by atoms with Crippen LogP contribution in [0.2, 0.25) is 0 Å². The van der Waals surface area contributed by atoms with E-state index < -0.39 is 5.97 Å². The van der Waals surface area contributed by atoms with Crippen LogP contribution in [-0.4, -0.2) is 29.6 Å². The molecule has 33 heavy (non-hydrogen) atoms. The molecule has 0 fully saturated rings. The number of imidazole rings is 1. The maximum Gasteiger partial charge on any atom is 0.343 e. The van der Waals surface area contributed by atoms with Gasteiger partial charge >= 0.3 is 5.97 Å². The van der Waals surface area contributed by atoms with Crippen molar-refractivity contribution in [3.05, 3.63) is 92.7 Å². The van der Waals surface area contributed by atoms with Crippen LogP contribution in [0.3, 0.4) is 0 Å². The van der Waals surface area contributed by atoms with Gasteiger partial charge in [0.2, 0.25) is 0 Å². The number of hydrogen-bond acceptors (Lipinski definition) is 7. The molecular formula is C25H18N2O5S. The first kappa shape index (κ1) is 20.7. The van der Waals surface area contributed by atoms with E-state index in [4.69, 9.17) is 14.2 Å². The van der Waals surface area contributed by atoms with E-state index in [9.17, 15) is 9.59 Å². The van der Waals surface area contributed by atoms with Crippen LogP contribution in [0.15, 0.2) is 71.5 Å². The summed E-state index contributed by atoms with van der Waals surface area (Å²) in [6, 6.07) is 19.3. The fourth-order valence-corrected chi connectivity index (χ4v) is 4.50. The number of methoxy groups -OCH3 is 2. The molecular weight excluding hydrogens is 440 g/mol. The Bertz CT molecular complexity index is 1600. The Morgan fingerprint density at radius 3 is 2.52 bits per heavy atom. The standard InChI is InChI=1S/C25H18N2O5S/c1-30-17-10-8-16(9-11-17)24(29)32-21-13-15(7-12-20(21)31-2)14-22-23(28)27-19-6-4-3-5-18(19)26-25(27)33-22/h3-14H,1-2H3. The van der Waals surface area contributed by atoms with Crippen molar-refractivity contribution >= 4 is 39.4 Å². The van der Waals surface area contributed by atoms with Crippen LogP contribution in [0, 0.1) is 0 Å². The van der Waals surface area contributed by atoms with E-state index in [0.29, 0.717) is 32.1 Å². The summed E-state index contributed by atoms with van der Waals surface area (Å²) >= 11 is 1.31. The van der Waals surface area contributed by atoms with Crippen LogP contribution >= 0.6 is 11.3 Å². The van der Waals surface area contributed by atoms with Gasteiger partial charge in [-0.25, -0.2) is 14.2 Å². The van der Waals surface area contributed by atoms with Crippen molar-refractivity contribution in [2.24, 2.45) is 0 Å². The molecule has 0 saturated carbocycles. The van der Waals surface area contributed by atoms with Crippen LogP contribution in [-0.2, 0) is 0 Å². The zero-order valence-electron chi connectivity index (χ0n) is 17.8. The second-order valence-corrected chi connectivity index (χ2v) is 8.17. The average molecular weight is 458 g/mol. The highest BCUT2D eigenvalue weighted by Gasteiger charge is 2.14. The summed E-state index contributed by atoms with van der Waals surface area (Å²) in [7, 11) is 3.06. The van der Waals surface area contributed by atoms with Crippen molar-refractivity contribution in [3.63, 3.8) is 0 Å². The van der Waals surface area contributed by atoms with Crippen LogP contribution in [0.1, 0.15) is 15.9 Å². The number of esters is 1. The molecule has 0 aliphatic carbocycles. The molecule has 2 aromatic heterocycles. The van der Waals surface area contributed by atoms with Crippen molar-refractivity contribution in [2.45, 2.75) is 0 Å². The average Bonchev–Trinajstić information content (AvgIpc) is 3.35. The quantitative estimate of drug-likeness (QED) is 0.295. The molecule has 0 aliphatic rings. The molecule has 5 aromatic rings. The molecule has 0 radical (unpaired) electrons. The van der Waals surface area contributed by atoms with Gasteiger partial charge in [-0.1, -0.05) is 29.5 Å². The molecule has 5 rings (SSSR count). The lowest BCUT2D eigenvalue weighted by molar-refractivity contribution is 0.0729. The van der Waals surface area contributed by atoms with Gasteiger partial charge in [-0.15, -0.1) is 0 Å². The molecule has 7 nitrogen and oxygen atoms in total. The molecule has 0 unspecified atom stereocenters. The van der Waals surface area contributed by atoms with E-state index in [2.05, 4.69) is 4.98 Å². The van der Waals surface area contributed by atoms with Gasteiger partial charge in [-0.05, 0) is 60.2 Å². The fraction of sp³-hybridized carbons (Fsp3) is 0.0800. The topological polar surface area (TPSA) is 79.1 Å². The predicted molar refractivity (Wildman–Crippen MR) is 127 cm³/mol. The lowest BCUT2D eigenvalue weighted by Gasteiger charge is -2.10. The Morgan fingerprint density at radius 2 is 1.76 bits per heavy atom. The molecule has 164 valence electrons. The zero-order chi connectivity index (χ0) is 22.9. The summed E-state index contributed by atoms with van der Waals surface area (Å²) in [5, 5.41) is 0. The van der Waals surface area contributed by atoms with E-state index in [-0.39, 0.29) is 11.3 Å². The second kappa shape index (κ2) is 8.40. The fourth-order valence-electron chi connectivity index (χ4n) is 3.51. The number of nitrogens with zero attached hydrogens (tertiary/aromatic N) is 2. The number of aromatic nitrogens is 2. The van der Waals surface area contributed by atoms with E-state index in [1.807, 2.05) is 24.3 Å². The number of carbonyl (C=O) groups excluding carboxylic acids is 1. The van der Waals surface area contributed by atoms with E-state index in [1.165, 1.54) is 18.4 Å². The lowest BCUT2D eigenvalue weighted by Crippen LogP contribution is -2.22. The summed E-state index contributed by atoms with van der Waals surface area (Å²) in [6.07, 6.45) is 1.75. The first-order valence-corrected chi connectivity index (χ1v) is 10.8. The summed E-state index contributed by atoms with van der Waals surface area (Å²) in [5.74, 6) is 0.775. The number of rotatable bonds is 5. The summed E-state index contributed by atoms with van der Waals surface area (Å²) in [6.45, 7) is 0. The van der Waals surface area contributed by atoms with Crippen molar-refractivity contribution in [2.75, 3.05) is 14.2 Å². The summed E-state index contributed by atoms with van der Waals surface area (Å²) < 4.78 is 18.2. The third-order valence-electron chi connectivity index (χ3n) is 5.16. The predicted octanol–water partition coefficient (Wildman–Crippen LogP) is 3.69. The molecule has 0 atom stereocenters. The first-order valence-electron chi connectivity index (χ1n) is 10.0. The minimum atomic E-state index is -0.529. The van der Waals surface area contributed by atoms with Crippen LogP contribution in [0.4, 0.5) is 0 Å². The Hall–Kier alpha value is -4.17. The molecule has 0 amide bonds. The van der Waals surface area contributed by atoms with E-state index in [0.717, 1.165) is 11.0 Å². The smallest absolute Gasteiger partial charge is 0.343 e. The van der Waals surface area contributed by atoms with E-state index >= 15 is 0 Å². The van der Waals surface area contributed by atoms with Gasteiger partial charge in [-0.3, -0.25) is 4.79 Å². The summed E-state index contributed by atoms with van der Waals surface area (Å²) in [4.78, 5) is 30.8. The normalized spacial score (nSPS) is 11.8. The Labute approximate surface area is 192 Å². The molecule has 0 spiro atoms. The van der Waals surface area contributed by atoms with Gasteiger partial charge in [0.1, 0.15) is 5.75 Å². The van der Waals surface area contributed by atoms with Crippen LogP contribution in [0.5, 0.6) is 17.2 Å². The number of benzene rings is 3. The van der Waals surface area contributed by atoms with Gasteiger partial charge in [0.25, 0.3) is 5.56 Å². The van der Waals surface area contributed by atoms with Crippen molar-refractivity contribution in [1.82, 2.24) is 9.38 Å². The number of thiazole rings is 1. The lowest BCUT2D eigenvalue weighted by atomic mass is 10.2. The number of hydrogen-bond donors (Lipinski definition) is 0. The minimum absolute atomic E-state index is 0.142. The zero-order valence-corrected chi connectivity index (χ0v) is 18.6. The SMILES string of the molecule is COc1ccc(C(=O)Oc2cc(C=c3sc4nc5ccccc5n4c3=O)ccc2OC)cc1. The highest BCUT2D eigenvalue weighted by molar-refractivity contribution is 7.15. The van der Waals surface area contributed by atoms with Crippen molar-refractivity contribution in [3.8, 4) is 17.2 Å². The Kier molecular flexibility index (Phi) is 5.27. The third kappa shape index (κ3) is 3.81. The third-order valence-corrected chi connectivity index (χ3v) is 6.13. The molecule has 0 N–H and O–H groups in total. The molecule has 0 bridgehead atoms. The number of para-hydroxylation sites is 2. The van der Waals surface area contributed by atoms with Crippen molar-refractivity contribution in [1.29, 1.82) is 0 Å². The highest BCUT2D eigenvalue weighted by Crippen LogP contribution is 2.29. The first-order chi connectivity index (χ1) is 16.1. The Morgan fingerprint density at radius 1 is 0.970 bits per heavy atom. The van der Waals surface area contributed by atoms with Gasteiger partial charge in [0.05, 0.1) is 35.3 Å². The van der Waals surface area contributed by atoms with Crippen LogP contribution < -0.4 is 24.3 Å². The van der Waals surface area contributed by atoms with Gasteiger partial charge < -0.3 is 14.2 Å². The highest BCUT2D eigenvalue weighted by atomic mass is 32.1.